The second-order valence-electron chi connectivity index (χ2n) is 4.22. The summed E-state index contributed by atoms with van der Waals surface area (Å²) in [6.45, 7) is 5.95. The fraction of sp³-hybridized carbons (Fsp3) is 0.462. The summed E-state index contributed by atoms with van der Waals surface area (Å²) >= 11 is 3.37. The fourth-order valence-electron chi connectivity index (χ4n) is 1.63. The summed E-state index contributed by atoms with van der Waals surface area (Å²) in [5.74, 6) is 0.338. The third kappa shape index (κ3) is 2.85. The molecule has 0 amide bonds. The van der Waals surface area contributed by atoms with Crippen LogP contribution in [0.15, 0.2) is 16.6 Å². The number of hydrogen-bond donors (Lipinski definition) is 1. The molecule has 0 heterocycles. The molecule has 0 aliphatic carbocycles. The molecule has 1 aromatic carbocycles. The van der Waals surface area contributed by atoms with E-state index < -0.39 is 0 Å². The molecule has 0 aromatic heterocycles. The number of rotatable bonds is 4. The summed E-state index contributed by atoms with van der Waals surface area (Å²) < 4.78 is 0.841. The highest BCUT2D eigenvalue weighted by atomic mass is 79.9. The number of phenolic OH excluding ortho intramolecular Hbond substituents is 1. The highest BCUT2D eigenvalue weighted by molar-refractivity contribution is 9.10. The van der Waals surface area contributed by atoms with Gasteiger partial charge in [-0.1, -0.05) is 36.7 Å². The summed E-state index contributed by atoms with van der Waals surface area (Å²) in [6, 6.07) is 3.56. The number of benzene rings is 1. The minimum atomic E-state index is 0.00296. The number of ketones is 1. The second kappa shape index (κ2) is 5.48. The van der Waals surface area contributed by atoms with Crippen molar-refractivity contribution in [2.24, 2.45) is 0 Å². The summed E-state index contributed by atoms with van der Waals surface area (Å²) in [7, 11) is 0. The van der Waals surface area contributed by atoms with Gasteiger partial charge in [0, 0.05) is 10.9 Å². The van der Waals surface area contributed by atoms with E-state index in [9.17, 15) is 9.90 Å². The van der Waals surface area contributed by atoms with Crippen LogP contribution in [-0.4, -0.2) is 10.9 Å². The number of hydrogen-bond acceptors (Lipinski definition) is 2. The SMILES string of the molecule is CCCC(=O)c1cc(Br)cc(C(C)C)c1O. The minimum Gasteiger partial charge on any atom is -0.507 e. The first kappa shape index (κ1) is 13.2. The monoisotopic (exact) mass is 284 g/mol. The maximum absolute atomic E-state index is 11.8. The Morgan fingerprint density at radius 3 is 2.56 bits per heavy atom. The lowest BCUT2D eigenvalue weighted by atomic mass is 9.96. The maximum Gasteiger partial charge on any atom is 0.166 e. The van der Waals surface area contributed by atoms with E-state index in [4.69, 9.17) is 0 Å². The van der Waals surface area contributed by atoms with Crippen LogP contribution < -0.4 is 0 Å². The summed E-state index contributed by atoms with van der Waals surface area (Å²) in [4.78, 5) is 11.8. The number of carbonyl (C=O) groups is 1. The molecule has 0 spiro atoms. The number of aromatic hydroxyl groups is 1. The molecule has 0 aliphatic heterocycles. The van der Waals surface area contributed by atoms with Gasteiger partial charge in [-0.3, -0.25) is 4.79 Å². The Kier molecular flexibility index (Phi) is 4.54. The van der Waals surface area contributed by atoms with Crippen LogP contribution in [-0.2, 0) is 0 Å². The molecule has 0 unspecified atom stereocenters. The van der Waals surface area contributed by atoms with Gasteiger partial charge in [-0.05, 0) is 30.0 Å². The van der Waals surface area contributed by atoms with E-state index in [-0.39, 0.29) is 17.5 Å². The molecule has 1 N–H and O–H groups in total. The zero-order valence-electron chi connectivity index (χ0n) is 9.88. The molecular formula is C13H17BrO2. The van der Waals surface area contributed by atoms with Crippen LogP contribution in [0, 0.1) is 0 Å². The predicted molar refractivity (Wildman–Crippen MR) is 69.1 cm³/mol. The molecule has 16 heavy (non-hydrogen) atoms. The van der Waals surface area contributed by atoms with E-state index in [1.54, 1.807) is 6.07 Å². The van der Waals surface area contributed by atoms with Crippen LogP contribution in [0.4, 0.5) is 0 Å². The fourth-order valence-corrected chi connectivity index (χ4v) is 2.11. The molecule has 3 heteroatoms. The van der Waals surface area contributed by atoms with Crippen molar-refractivity contribution in [3.05, 3.63) is 27.7 Å². The van der Waals surface area contributed by atoms with Crippen molar-refractivity contribution < 1.29 is 9.90 Å². The predicted octanol–water partition coefficient (Wildman–Crippen LogP) is 4.26. The van der Waals surface area contributed by atoms with E-state index in [1.807, 2.05) is 26.8 Å². The summed E-state index contributed by atoms with van der Waals surface area (Å²) in [5.41, 5.74) is 1.24. The van der Waals surface area contributed by atoms with Crippen molar-refractivity contribution in [3.63, 3.8) is 0 Å². The average Bonchev–Trinajstić information content (AvgIpc) is 2.20. The van der Waals surface area contributed by atoms with Crippen LogP contribution >= 0.6 is 15.9 Å². The normalized spacial score (nSPS) is 10.8. The molecule has 0 fully saturated rings. The van der Waals surface area contributed by atoms with Crippen molar-refractivity contribution in [1.29, 1.82) is 0 Å². The first-order valence-electron chi connectivity index (χ1n) is 5.53. The largest absolute Gasteiger partial charge is 0.507 e. The summed E-state index contributed by atoms with van der Waals surface area (Å²) in [6.07, 6.45) is 1.27. The third-order valence-corrected chi connectivity index (χ3v) is 2.96. The topological polar surface area (TPSA) is 37.3 Å². The molecule has 0 saturated heterocycles. The molecule has 1 rings (SSSR count). The van der Waals surface area contributed by atoms with Crippen molar-refractivity contribution in [1.82, 2.24) is 0 Å². The number of halogens is 1. The highest BCUT2D eigenvalue weighted by Gasteiger charge is 2.16. The van der Waals surface area contributed by atoms with Gasteiger partial charge >= 0.3 is 0 Å². The van der Waals surface area contributed by atoms with Gasteiger partial charge in [0.15, 0.2) is 5.78 Å². The lowest BCUT2D eigenvalue weighted by Gasteiger charge is -2.12. The molecular weight excluding hydrogens is 268 g/mol. The van der Waals surface area contributed by atoms with Crippen LogP contribution in [0.5, 0.6) is 5.75 Å². The van der Waals surface area contributed by atoms with E-state index >= 15 is 0 Å². The first-order chi connectivity index (χ1) is 7.47. The molecule has 0 bridgehead atoms. The first-order valence-corrected chi connectivity index (χ1v) is 6.32. The van der Waals surface area contributed by atoms with Crippen molar-refractivity contribution in [2.45, 2.75) is 39.5 Å². The van der Waals surface area contributed by atoms with Gasteiger partial charge < -0.3 is 5.11 Å². The molecule has 2 nitrogen and oxygen atoms in total. The van der Waals surface area contributed by atoms with E-state index in [1.165, 1.54) is 0 Å². The van der Waals surface area contributed by atoms with Crippen LogP contribution in [0.25, 0.3) is 0 Å². The smallest absolute Gasteiger partial charge is 0.166 e. The summed E-state index contributed by atoms with van der Waals surface area (Å²) in [5, 5.41) is 10.0. The number of carbonyl (C=O) groups excluding carboxylic acids is 1. The van der Waals surface area contributed by atoms with Gasteiger partial charge in [-0.2, -0.15) is 0 Å². The Bertz CT molecular complexity index is 397. The van der Waals surface area contributed by atoms with Gasteiger partial charge in [0.2, 0.25) is 0 Å². The standard InChI is InChI=1S/C13H17BrO2/c1-4-5-12(15)11-7-9(14)6-10(8(2)3)13(11)16/h6-8,16H,4-5H2,1-3H3. The van der Waals surface area contributed by atoms with Crippen LogP contribution in [0.3, 0.4) is 0 Å². The van der Waals surface area contributed by atoms with Crippen LogP contribution in [0.1, 0.15) is 55.5 Å². The molecule has 1 aromatic rings. The molecule has 0 aliphatic rings. The Morgan fingerprint density at radius 1 is 1.44 bits per heavy atom. The molecule has 0 saturated carbocycles. The van der Waals surface area contributed by atoms with Gasteiger partial charge in [0.05, 0.1) is 5.56 Å². The van der Waals surface area contributed by atoms with E-state index in [0.717, 1.165) is 16.5 Å². The van der Waals surface area contributed by atoms with Gasteiger partial charge in [-0.25, -0.2) is 0 Å². The van der Waals surface area contributed by atoms with Gasteiger partial charge in [-0.15, -0.1) is 0 Å². The minimum absolute atomic E-state index is 0.00296. The van der Waals surface area contributed by atoms with Crippen molar-refractivity contribution in [3.8, 4) is 5.75 Å². The number of phenols is 1. The quantitative estimate of drug-likeness (QED) is 0.839. The zero-order valence-corrected chi connectivity index (χ0v) is 11.5. The lowest BCUT2D eigenvalue weighted by Crippen LogP contribution is -2.01. The molecule has 0 radical (unpaired) electrons. The van der Waals surface area contributed by atoms with E-state index in [0.29, 0.717) is 12.0 Å². The molecule has 88 valence electrons. The third-order valence-electron chi connectivity index (χ3n) is 2.50. The van der Waals surface area contributed by atoms with Crippen molar-refractivity contribution >= 4 is 21.7 Å². The maximum atomic E-state index is 11.8. The second-order valence-corrected chi connectivity index (χ2v) is 5.13. The van der Waals surface area contributed by atoms with Crippen LogP contribution in [0.2, 0.25) is 0 Å². The Morgan fingerprint density at radius 2 is 2.06 bits per heavy atom. The van der Waals surface area contributed by atoms with Gasteiger partial charge in [0.25, 0.3) is 0 Å². The highest BCUT2D eigenvalue weighted by Crippen LogP contribution is 2.33. The Labute approximate surface area is 105 Å². The lowest BCUT2D eigenvalue weighted by molar-refractivity contribution is 0.0979. The van der Waals surface area contributed by atoms with Crippen molar-refractivity contribution in [2.75, 3.05) is 0 Å². The average molecular weight is 285 g/mol. The van der Waals surface area contributed by atoms with Gasteiger partial charge in [0.1, 0.15) is 5.75 Å². The number of Topliss-reactive ketones (excluding diaryl/α,β-unsaturated/α-hetero) is 1. The van der Waals surface area contributed by atoms with E-state index in [2.05, 4.69) is 15.9 Å². The molecule has 0 atom stereocenters. The zero-order chi connectivity index (χ0) is 12.3. The Balaban J connectivity index is 3.24. The Hall–Kier alpha value is -0.830.